The van der Waals surface area contributed by atoms with Gasteiger partial charge in [-0.15, -0.1) is 0 Å². The van der Waals surface area contributed by atoms with Crippen molar-refractivity contribution in [3.8, 4) is 0 Å². The number of benzene rings is 1. The van der Waals surface area contributed by atoms with E-state index in [2.05, 4.69) is 15.3 Å². The van der Waals surface area contributed by atoms with Gasteiger partial charge in [-0.1, -0.05) is 12.1 Å². The van der Waals surface area contributed by atoms with Gasteiger partial charge in [-0.3, -0.25) is 19.7 Å². The van der Waals surface area contributed by atoms with Gasteiger partial charge in [-0.2, -0.15) is 0 Å². The molecule has 128 valence electrons. The van der Waals surface area contributed by atoms with Crippen molar-refractivity contribution < 1.29 is 9.72 Å². The molecule has 25 heavy (non-hydrogen) atoms. The lowest BCUT2D eigenvalue weighted by atomic mass is 10.2. The van der Waals surface area contributed by atoms with Crippen molar-refractivity contribution in [1.29, 1.82) is 0 Å². The van der Waals surface area contributed by atoms with E-state index in [1.807, 2.05) is 28.8 Å². The molecule has 2 heterocycles. The summed E-state index contributed by atoms with van der Waals surface area (Å²) in [6, 6.07) is 8.69. The van der Waals surface area contributed by atoms with E-state index in [-0.39, 0.29) is 11.3 Å². The standard InChI is InChI=1S/C16H15N5O4/c22-15(12-8-11(21(24)25)9-18-16(12)23)17-6-3-7-20-10-19-13-4-1-2-5-14(13)20/h1-2,4-5,8-10H,3,6-7H2,(H,17,22)(H,18,23). The van der Waals surface area contributed by atoms with Crippen LogP contribution >= 0.6 is 0 Å². The van der Waals surface area contributed by atoms with Gasteiger partial charge in [0.2, 0.25) is 0 Å². The minimum atomic E-state index is -0.670. The maximum atomic E-state index is 12.0. The molecule has 2 aromatic heterocycles. The number of aromatic nitrogens is 3. The number of nitrogens with one attached hydrogen (secondary N) is 2. The van der Waals surface area contributed by atoms with Crippen molar-refractivity contribution in [2.75, 3.05) is 6.54 Å². The quantitative estimate of drug-likeness (QED) is 0.399. The number of pyridine rings is 1. The van der Waals surface area contributed by atoms with Crippen LogP contribution in [0.3, 0.4) is 0 Å². The number of hydrogen-bond donors (Lipinski definition) is 2. The number of H-pyrrole nitrogens is 1. The van der Waals surface area contributed by atoms with Crippen molar-refractivity contribution in [2.24, 2.45) is 0 Å². The Labute approximate surface area is 141 Å². The molecule has 0 aliphatic rings. The number of carbonyl (C=O) groups excluding carboxylic acids is 1. The number of para-hydroxylation sites is 2. The van der Waals surface area contributed by atoms with E-state index in [0.29, 0.717) is 19.5 Å². The van der Waals surface area contributed by atoms with Crippen molar-refractivity contribution in [3.63, 3.8) is 0 Å². The van der Waals surface area contributed by atoms with E-state index in [1.165, 1.54) is 0 Å². The van der Waals surface area contributed by atoms with E-state index in [0.717, 1.165) is 23.3 Å². The number of imidazole rings is 1. The second kappa shape index (κ2) is 6.95. The fraction of sp³-hybridized carbons (Fsp3) is 0.188. The zero-order chi connectivity index (χ0) is 17.8. The molecule has 0 radical (unpaired) electrons. The third-order valence-electron chi connectivity index (χ3n) is 3.73. The zero-order valence-electron chi connectivity index (χ0n) is 13.1. The second-order valence-corrected chi connectivity index (χ2v) is 5.39. The monoisotopic (exact) mass is 341 g/mol. The van der Waals surface area contributed by atoms with Gasteiger partial charge >= 0.3 is 0 Å². The molecule has 9 heteroatoms. The van der Waals surface area contributed by atoms with Crippen LogP contribution in [0.1, 0.15) is 16.8 Å². The number of aromatic amines is 1. The van der Waals surface area contributed by atoms with Gasteiger partial charge in [0, 0.05) is 19.2 Å². The summed E-state index contributed by atoms with van der Waals surface area (Å²) in [5, 5.41) is 13.3. The van der Waals surface area contributed by atoms with Gasteiger partial charge in [0.15, 0.2) is 0 Å². The minimum absolute atomic E-state index is 0.276. The highest BCUT2D eigenvalue weighted by Gasteiger charge is 2.15. The van der Waals surface area contributed by atoms with Gasteiger partial charge in [0.05, 0.1) is 28.5 Å². The molecule has 9 nitrogen and oxygen atoms in total. The Hall–Kier alpha value is -3.49. The van der Waals surface area contributed by atoms with Crippen molar-refractivity contribution in [2.45, 2.75) is 13.0 Å². The molecule has 0 aliphatic heterocycles. The predicted octanol–water partition coefficient (Wildman–Crippen LogP) is 1.45. The van der Waals surface area contributed by atoms with Crippen molar-refractivity contribution in [1.82, 2.24) is 19.9 Å². The summed E-state index contributed by atoms with van der Waals surface area (Å²) in [5.74, 6) is -0.638. The molecule has 0 fully saturated rings. The summed E-state index contributed by atoms with van der Waals surface area (Å²) in [4.78, 5) is 40.2. The third kappa shape index (κ3) is 3.55. The number of nitrogens with zero attached hydrogens (tertiary/aromatic N) is 3. The largest absolute Gasteiger partial charge is 0.352 e. The molecule has 0 bridgehead atoms. The first-order chi connectivity index (χ1) is 12.1. The average Bonchev–Trinajstić information content (AvgIpc) is 3.02. The summed E-state index contributed by atoms with van der Waals surface area (Å²) in [7, 11) is 0. The molecule has 1 aromatic carbocycles. The van der Waals surface area contributed by atoms with Crippen LogP contribution in [0.2, 0.25) is 0 Å². The lowest BCUT2D eigenvalue weighted by Gasteiger charge is -2.06. The van der Waals surface area contributed by atoms with Crippen LogP contribution in [0.25, 0.3) is 11.0 Å². The van der Waals surface area contributed by atoms with E-state index in [4.69, 9.17) is 0 Å². The normalized spacial score (nSPS) is 10.7. The Kier molecular flexibility index (Phi) is 4.55. The molecule has 0 aliphatic carbocycles. The van der Waals surface area contributed by atoms with E-state index < -0.39 is 16.4 Å². The Morgan fingerprint density at radius 1 is 1.36 bits per heavy atom. The number of fused-ring (bicyclic) bond motifs is 1. The lowest BCUT2D eigenvalue weighted by Crippen LogP contribution is -2.30. The molecule has 1 amide bonds. The van der Waals surface area contributed by atoms with Crippen LogP contribution in [0.5, 0.6) is 0 Å². The number of hydrogen-bond acceptors (Lipinski definition) is 5. The van der Waals surface area contributed by atoms with Crippen molar-refractivity contribution in [3.05, 3.63) is 68.9 Å². The predicted molar refractivity (Wildman–Crippen MR) is 90.4 cm³/mol. The fourth-order valence-electron chi connectivity index (χ4n) is 2.48. The van der Waals surface area contributed by atoms with Gasteiger partial charge in [-0.05, 0) is 18.6 Å². The van der Waals surface area contributed by atoms with Crippen LogP contribution in [-0.4, -0.2) is 31.9 Å². The smallest absolute Gasteiger partial charge is 0.286 e. The number of nitro groups is 1. The fourth-order valence-corrected chi connectivity index (χ4v) is 2.48. The highest BCUT2D eigenvalue weighted by molar-refractivity contribution is 5.94. The number of rotatable bonds is 6. The molecule has 0 saturated heterocycles. The number of carbonyl (C=O) groups is 1. The van der Waals surface area contributed by atoms with Gasteiger partial charge in [-0.25, -0.2) is 4.98 Å². The molecule has 0 atom stereocenters. The average molecular weight is 341 g/mol. The Morgan fingerprint density at radius 3 is 2.96 bits per heavy atom. The molecular weight excluding hydrogens is 326 g/mol. The van der Waals surface area contributed by atoms with Crippen molar-refractivity contribution >= 4 is 22.6 Å². The molecular formula is C16H15N5O4. The van der Waals surface area contributed by atoms with Crippen LogP contribution in [0, 0.1) is 10.1 Å². The van der Waals surface area contributed by atoms with Crippen LogP contribution in [-0.2, 0) is 6.54 Å². The molecule has 0 saturated carbocycles. The van der Waals surface area contributed by atoms with E-state index >= 15 is 0 Å². The maximum Gasteiger partial charge on any atom is 0.286 e. The minimum Gasteiger partial charge on any atom is -0.352 e. The Bertz CT molecular complexity index is 991. The molecule has 0 spiro atoms. The molecule has 3 aromatic rings. The molecule has 2 N–H and O–H groups in total. The Morgan fingerprint density at radius 2 is 2.16 bits per heavy atom. The van der Waals surface area contributed by atoms with Gasteiger partial charge in [0.25, 0.3) is 17.2 Å². The molecule has 0 unspecified atom stereocenters. The second-order valence-electron chi connectivity index (χ2n) is 5.39. The summed E-state index contributed by atoms with van der Waals surface area (Å²) in [6.45, 7) is 0.972. The zero-order valence-corrected chi connectivity index (χ0v) is 13.1. The molecule has 3 rings (SSSR count). The van der Waals surface area contributed by atoms with Crippen LogP contribution in [0.4, 0.5) is 5.69 Å². The SMILES string of the molecule is O=C(NCCCn1cnc2ccccc21)c1cc([N+](=O)[O-])c[nH]c1=O. The summed E-state index contributed by atoms with van der Waals surface area (Å²) < 4.78 is 1.97. The van der Waals surface area contributed by atoms with Crippen LogP contribution in [0.15, 0.2) is 47.7 Å². The first kappa shape index (κ1) is 16.4. The summed E-state index contributed by atoms with van der Waals surface area (Å²) in [5.41, 5.74) is 0.624. The highest BCUT2D eigenvalue weighted by Crippen LogP contribution is 2.12. The lowest BCUT2D eigenvalue weighted by molar-refractivity contribution is -0.385. The topological polar surface area (TPSA) is 123 Å². The van der Waals surface area contributed by atoms with Gasteiger partial charge in [0.1, 0.15) is 5.56 Å². The van der Waals surface area contributed by atoms with Crippen LogP contribution < -0.4 is 10.9 Å². The number of aryl methyl sites for hydroxylation is 1. The number of amides is 1. The van der Waals surface area contributed by atoms with E-state index in [9.17, 15) is 19.7 Å². The summed E-state index contributed by atoms with van der Waals surface area (Å²) >= 11 is 0. The first-order valence-electron chi connectivity index (χ1n) is 7.61. The van der Waals surface area contributed by atoms with E-state index in [1.54, 1.807) is 6.33 Å². The maximum absolute atomic E-state index is 12.0. The van der Waals surface area contributed by atoms with Gasteiger partial charge < -0.3 is 14.9 Å². The summed E-state index contributed by atoms with van der Waals surface area (Å²) in [6.07, 6.45) is 3.32. The Balaban J connectivity index is 1.59. The first-order valence-corrected chi connectivity index (χ1v) is 7.61. The highest BCUT2D eigenvalue weighted by atomic mass is 16.6. The third-order valence-corrected chi connectivity index (χ3v) is 3.73.